The van der Waals surface area contributed by atoms with E-state index < -0.39 is 0 Å². The third-order valence-corrected chi connectivity index (χ3v) is 4.36. The van der Waals surface area contributed by atoms with Crippen molar-refractivity contribution in [3.05, 3.63) is 69.1 Å². The smallest absolute Gasteiger partial charge is 0.244 e. The summed E-state index contributed by atoms with van der Waals surface area (Å²) < 4.78 is 12.5. The van der Waals surface area contributed by atoms with Crippen LogP contribution in [0.4, 0.5) is 5.69 Å². The van der Waals surface area contributed by atoms with Crippen molar-refractivity contribution in [2.75, 3.05) is 7.11 Å². The summed E-state index contributed by atoms with van der Waals surface area (Å²) in [6.45, 7) is 1.96. The quantitative estimate of drug-likeness (QED) is 0.464. The predicted octanol–water partition coefficient (Wildman–Crippen LogP) is 3.76. The summed E-state index contributed by atoms with van der Waals surface area (Å²) in [5.74, 6) is -0.0130. The predicted molar refractivity (Wildman–Crippen MR) is 93.5 cm³/mol. The SMILES string of the molecule is COC1=CC(=O)c2c(COc3ccc(N=[N+]=[N-])cc3)c(C)n(C)c2C1=O. The van der Waals surface area contributed by atoms with E-state index in [9.17, 15) is 9.59 Å². The molecule has 3 rings (SSSR count). The average Bonchev–Trinajstić information content (AvgIpc) is 2.89. The molecule has 0 atom stereocenters. The van der Waals surface area contributed by atoms with Gasteiger partial charge in [0.05, 0.1) is 12.7 Å². The first kappa shape index (κ1) is 17.3. The summed E-state index contributed by atoms with van der Waals surface area (Å²) in [5.41, 5.74) is 11.0. The zero-order chi connectivity index (χ0) is 18.8. The number of aromatic nitrogens is 1. The molecule has 0 N–H and O–H groups in total. The van der Waals surface area contributed by atoms with Crippen molar-refractivity contribution in [3.8, 4) is 5.75 Å². The van der Waals surface area contributed by atoms with Crippen LogP contribution in [0.25, 0.3) is 10.4 Å². The van der Waals surface area contributed by atoms with Crippen molar-refractivity contribution < 1.29 is 19.1 Å². The highest BCUT2D eigenvalue weighted by Crippen LogP contribution is 2.30. The number of ketones is 2. The van der Waals surface area contributed by atoms with Gasteiger partial charge in [0.2, 0.25) is 5.78 Å². The van der Waals surface area contributed by atoms with E-state index in [1.165, 1.54) is 13.2 Å². The van der Waals surface area contributed by atoms with Crippen LogP contribution in [0.3, 0.4) is 0 Å². The minimum Gasteiger partial charge on any atom is -0.492 e. The van der Waals surface area contributed by atoms with E-state index in [0.29, 0.717) is 28.3 Å². The number of ether oxygens (including phenoxy) is 2. The molecule has 26 heavy (non-hydrogen) atoms. The van der Waals surface area contributed by atoms with Crippen LogP contribution in [-0.4, -0.2) is 23.2 Å². The second-order valence-corrected chi connectivity index (χ2v) is 5.72. The third kappa shape index (κ3) is 2.82. The zero-order valence-corrected chi connectivity index (χ0v) is 14.5. The van der Waals surface area contributed by atoms with E-state index in [-0.39, 0.29) is 23.9 Å². The van der Waals surface area contributed by atoms with Crippen LogP contribution < -0.4 is 4.74 Å². The minimum absolute atomic E-state index is 0.0317. The number of methoxy groups -OCH3 is 1. The molecule has 1 heterocycles. The van der Waals surface area contributed by atoms with Gasteiger partial charge in [-0.15, -0.1) is 0 Å². The number of rotatable bonds is 5. The summed E-state index contributed by atoms with van der Waals surface area (Å²) in [7, 11) is 3.10. The van der Waals surface area contributed by atoms with Crippen LogP contribution >= 0.6 is 0 Å². The van der Waals surface area contributed by atoms with E-state index in [2.05, 4.69) is 10.0 Å². The molecule has 0 fully saturated rings. The Labute approximate surface area is 149 Å². The second kappa shape index (κ2) is 6.78. The molecule has 2 aromatic rings. The summed E-state index contributed by atoms with van der Waals surface area (Å²) >= 11 is 0. The van der Waals surface area contributed by atoms with E-state index in [1.54, 1.807) is 35.9 Å². The Bertz CT molecular complexity index is 980. The molecule has 0 spiro atoms. The number of Topliss-reactive ketones (excluding diaryl/α,β-unsaturated/α-hetero) is 1. The lowest BCUT2D eigenvalue weighted by Gasteiger charge is -2.13. The van der Waals surface area contributed by atoms with Gasteiger partial charge in [0, 0.05) is 35.0 Å². The number of hydrogen-bond donors (Lipinski definition) is 0. The fraction of sp³-hybridized carbons (Fsp3) is 0.222. The number of benzene rings is 1. The Morgan fingerprint density at radius 2 is 1.92 bits per heavy atom. The Morgan fingerprint density at radius 1 is 1.23 bits per heavy atom. The molecule has 1 aliphatic carbocycles. The van der Waals surface area contributed by atoms with E-state index in [4.69, 9.17) is 15.0 Å². The summed E-state index contributed by atoms with van der Waals surface area (Å²) in [4.78, 5) is 27.7. The molecule has 0 amide bonds. The highest BCUT2D eigenvalue weighted by atomic mass is 16.5. The molecule has 8 nitrogen and oxygen atoms in total. The maximum atomic E-state index is 12.5. The Morgan fingerprint density at radius 3 is 2.54 bits per heavy atom. The molecule has 8 heteroatoms. The molecule has 0 unspecified atom stereocenters. The zero-order valence-electron chi connectivity index (χ0n) is 14.5. The Balaban J connectivity index is 1.91. The fourth-order valence-electron chi connectivity index (χ4n) is 2.91. The lowest BCUT2D eigenvalue weighted by Crippen LogP contribution is -2.20. The molecule has 1 aliphatic rings. The van der Waals surface area contributed by atoms with E-state index in [0.717, 1.165) is 5.69 Å². The molecule has 0 saturated heterocycles. The van der Waals surface area contributed by atoms with Crippen molar-refractivity contribution >= 4 is 17.3 Å². The van der Waals surface area contributed by atoms with Gasteiger partial charge in [0.1, 0.15) is 18.1 Å². The van der Waals surface area contributed by atoms with Gasteiger partial charge in [-0.2, -0.15) is 0 Å². The van der Waals surface area contributed by atoms with Crippen LogP contribution in [0.5, 0.6) is 5.75 Å². The Hall–Kier alpha value is -3.51. The average molecular weight is 352 g/mol. The standard InChI is InChI=1S/C18H16N4O4/c1-10-13(9-26-12-6-4-11(5-7-12)20-21-19)16-14(23)8-15(25-3)18(24)17(16)22(10)2/h4-8H,9H2,1-3H3. The van der Waals surface area contributed by atoms with Gasteiger partial charge >= 0.3 is 0 Å². The van der Waals surface area contributed by atoms with Crippen LogP contribution in [0, 0.1) is 6.92 Å². The summed E-state index contributed by atoms with van der Waals surface area (Å²) in [5, 5.41) is 3.50. The monoisotopic (exact) mass is 352 g/mol. The van der Waals surface area contributed by atoms with Gasteiger partial charge in [-0.05, 0) is 36.7 Å². The number of fused-ring (bicyclic) bond motifs is 1. The first-order chi connectivity index (χ1) is 12.5. The normalized spacial score (nSPS) is 13.0. The van der Waals surface area contributed by atoms with Crippen molar-refractivity contribution in [3.63, 3.8) is 0 Å². The van der Waals surface area contributed by atoms with Crippen molar-refractivity contribution in [1.82, 2.24) is 4.57 Å². The summed E-state index contributed by atoms with van der Waals surface area (Å²) in [6, 6.07) is 6.60. The number of carbonyl (C=O) groups is 2. The topological polar surface area (TPSA) is 106 Å². The molecule has 0 saturated carbocycles. The molecule has 1 aromatic heterocycles. The van der Waals surface area contributed by atoms with Gasteiger partial charge in [-0.1, -0.05) is 5.11 Å². The molecule has 0 radical (unpaired) electrons. The third-order valence-electron chi connectivity index (χ3n) is 4.36. The second-order valence-electron chi connectivity index (χ2n) is 5.72. The van der Waals surface area contributed by atoms with E-state index >= 15 is 0 Å². The highest BCUT2D eigenvalue weighted by Gasteiger charge is 2.34. The van der Waals surface area contributed by atoms with Gasteiger partial charge in [-0.25, -0.2) is 0 Å². The van der Waals surface area contributed by atoms with Gasteiger partial charge < -0.3 is 14.0 Å². The lowest BCUT2D eigenvalue weighted by molar-refractivity contribution is 0.0909. The Kier molecular flexibility index (Phi) is 4.51. The first-order valence-corrected chi connectivity index (χ1v) is 7.78. The number of hydrogen-bond acceptors (Lipinski definition) is 5. The van der Waals surface area contributed by atoms with Gasteiger partial charge in [-0.3, -0.25) is 9.59 Å². The van der Waals surface area contributed by atoms with Crippen LogP contribution in [0.1, 0.15) is 32.1 Å². The fourth-order valence-corrected chi connectivity index (χ4v) is 2.91. The van der Waals surface area contributed by atoms with E-state index in [1.807, 2.05) is 6.92 Å². The molecule has 0 aliphatic heterocycles. The molecule has 132 valence electrons. The van der Waals surface area contributed by atoms with Gasteiger partial charge in [0.25, 0.3) is 0 Å². The van der Waals surface area contributed by atoms with Gasteiger partial charge in [0.15, 0.2) is 11.5 Å². The molecular formula is C18H16N4O4. The van der Waals surface area contributed by atoms with Crippen LogP contribution in [0.2, 0.25) is 0 Å². The van der Waals surface area contributed by atoms with Crippen molar-refractivity contribution in [1.29, 1.82) is 0 Å². The van der Waals surface area contributed by atoms with Crippen LogP contribution in [-0.2, 0) is 18.4 Å². The number of nitrogens with zero attached hydrogens (tertiary/aromatic N) is 4. The minimum atomic E-state index is -0.322. The number of azide groups is 1. The highest BCUT2D eigenvalue weighted by molar-refractivity contribution is 6.24. The largest absolute Gasteiger partial charge is 0.492 e. The van der Waals surface area contributed by atoms with Crippen LogP contribution in [0.15, 0.2) is 41.2 Å². The van der Waals surface area contributed by atoms with Crippen molar-refractivity contribution in [2.24, 2.45) is 12.2 Å². The molecular weight excluding hydrogens is 336 g/mol. The van der Waals surface area contributed by atoms with Crippen molar-refractivity contribution in [2.45, 2.75) is 13.5 Å². The maximum Gasteiger partial charge on any atom is 0.244 e. The molecule has 0 bridgehead atoms. The molecule has 1 aromatic carbocycles. The number of allylic oxidation sites excluding steroid dienone is 2. The first-order valence-electron chi connectivity index (χ1n) is 7.78. The maximum absolute atomic E-state index is 12.5. The summed E-state index contributed by atoms with van der Waals surface area (Å²) in [6.07, 6.45) is 1.21. The number of carbonyl (C=O) groups excluding carboxylic acids is 2. The lowest BCUT2D eigenvalue weighted by atomic mass is 9.96.